The molecule has 5 heteroatoms. The van der Waals surface area contributed by atoms with Crippen LogP contribution in [0.5, 0.6) is 5.75 Å². The molecule has 1 atom stereocenters. The average Bonchev–Trinajstić information content (AvgIpc) is 3.38. The quantitative estimate of drug-likeness (QED) is 0.356. The minimum Gasteiger partial charge on any atom is -0.493 e. The van der Waals surface area contributed by atoms with Crippen molar-refractivity contribution in [3.8, 4) is 17.2 Å². The number of oxazole rings is 1. The fraction of sp³-hybridized carbons (Fsp3) is 0.292. The van der Waals surface area contributed by atoms with Crippen molar-refractivity contribution in [1.29, 1.82) is 0 Å². The van der Waals surface area contributed by atoms with E-state index in [1.807, 2.05) is 37.3 Å². The highest BCUT2D eigenvalue weighted by Crippen LogP contribution is 2.34. The maximum atomic E-state index is 6.13. The van der Waals surface area contributed by atoms with Gasteiger partial charge in [0.25, 0.3) is 0 Å². The van der Waals surface area contributed by atoms with Crippen LogP contribution in [0.3, 0.4) is 0 Å². The van der Waals surface area contributed by atoms with E-state index < -0.39 is 0 Å². The zero-order valence-corrected chi connectivity index (χ0v) is 17.8. The van der Waals surface area contributed by atoms with Gasteiger partial charge in [-0.15, -0.1) is 11.3 Å². The van der Waals surface area contributed by atoms with Crippen LogP contribution in [-0.4, -0.2) is 24.8 Å². The predicted molar refractivity (Wildman–Crippen MR) is 118 cm³/mol. The molecule has 0 spiro atoms. The van der Waals surface area contributed by atoms with Gasteiger partial charge in [-0.05, 0) is 55.5 Å². The molecule has 2 aromatic heterocycles. The number of hydrogen-bond donors (Lipinski definition) is 0. The van der Waals surface area contributed by atoms with E-state index in [9.17, 15) is 0 Å². The van der Waals surface area contributed by atoms with Crippen molar-refractivity contribution < 1.29 is 13.9 Å². The second-order valence-corrected chi connectivity index (χ2v) is 8.04. The lowest BCUT2D eigenvalue weighted by Crippen LogP contribution is -2.08. The maximum Gasteiger partial charge on any atom is 0.226 e. The van der Waals surface area contributed by atoms with Crippen LogP contribution < -0.4 is 4.74 Å². The van der Waals surface area contributed by atoms with Gasteiger partial charge in [0.2, 0.25) is 5.89 Å². The second kappa shape index (κ2) is 8.80. The predicted octanol–water partition coefficient (Wildman–Crippen LogP) is 6.06. The normalized spacial score (nSPS) is 12.4. The Morgan fingerprint density at radius 1 is 1.10 bits per heavy atom. The number of thiophene rings is 1. The van der Waals surface area contributed by atoms with Gasteiger partial charge in [-0.25, -0.2) is 4.98 Å². The summed E-state index contributed by atoms with van der Waals surface area (Å²) >= 11 is 1.75. The number of benzene rings is 2. The number of fused-ring (bicyclic) bond motifs is 1. The van der Waals surface area contributed by atoms with Gasteiger partial charge in [0.05, 0.1) is 18.4 Å². The first-order chi connectivity index (χ1) is 14.2. The summed E-state index contributed by atoms with van der Waals surface area (Å²) in [7, 11) is 1.75. The summed E-state index contributed by atoms with van der Waals surface area (Å²) < 4.78 is 18.7. The van der Waals surface area contributed by atoms with Crippen LogP contribution in [-0.2, 0) is 17.6 Å². The molecule has 2 aromatic carbocycles. The zero-order chi connectivity index (χ0) is 20.2. The van der Waals surface area contributed by atoms with Crippen molar-refractivity contribution in [3.63, 3.8) is 0 Å². The van der Waals surface area contributed by atoms with E-state index in [2.05, 4.69) is 35.5 Å². The summed E-state index contributed by atoms with van der Waals surface area (Å²) in [6, 6.07) is 16.3. The number of ether oxygens (including phenoxy) is 2. The highest BCUT2D eigenvalue weighted by molar-refractivity contribution is 7.17. The van der Waals surface area contributed by atoms with Gasteiger partial charge >= 0.3 is 0 Å². The van der Waals surface area contributed by atoms with Crippen LogP contribution in [0.15, 0.2) is 58.3 Å². The van der Waals surface area contributed by atoms with Crippen LogP contribution >= 0.6 is 11.3 Å². The lowest BCUT2D eigenvalue weighted by atomic mass is 10.1. The van der Waals surface area contributed by atoms with Gasteiger partial charge in [-0.1, -0.05) is 24.3 Å². The molecule has 0 aliphatic rings. The average molecular weight is 408 g/mol. The molecule has 0 amide bonds. The third-order valence-corrected chi connectivity index (χ3v) is 6.07. The molecule has 0 unspecified atom stereocenters. The summed E-state index contributed by atoms with van der Waals surface area (Å²) in [5.74, 6) is 2.42. The van der Waals surface area contributed by atoms with E-state index in [0.29, 0.717) is 18.9 Å². The van der Waals surface area contributed by atoms with E-state index in [1.54, 1.807) is 18.4 Å². The van der Waals surface area contributed by atoms with Crippen molar-refractivity contribution in [1.82, 2.24) is 4.98 Å². The summed E-state index contributed by atoms with van der Waals surface area (Å²) in [5.41, 5.74) is 3.23. The molecule has 4 aromatic rings. The van der Waals surface area contributed by atoms with Crippen molar-refractivity contribution >= 4 is 21.4 Å². The molecular formula is C24H25NO3S. The Balaban J connectivity index is 1.45. The van der Waals surface area contributed by atoms with Gasteiger partial charge in [0.15, 0.2) is 0 Å². The SMILES string of the molecule is CO[C@@H](C)Cc1ccc(OCCc2nc(-c3ccccc3)oc2C)c2ccsc12. The van der Waals surface area contributed by atoms with Crippen molar-refractivity contribution in [2.45, 2.75) is 32.8 Å². The highest BCUT2D eigenvalue weighted by atomic mass is 32.1. The first kappa shape index (κ1) is 19.7. The fourth-order valence-corrected chi connectivity index (χ4v) is 4.33. The van der Waals surface area contributed by atoms with Gasteiger partial charge in [-0.3, -0.25) is 0 Å². The largest absolute Gasteiger partial charge is 0.493 e. The molecule has 4 nitrogen and oxygen atoms in total. The monoisotopic (exact) mass is 407 g/mol. The van der Waals surface area contributed by atoms with E-state index in [4.69, 9.17) is 13.9 Å². The standard InChI is InChI=1S/C24H25NO3S/c1-16(26-3)15-19-9-10-22(20-12-14-29-23(19)20)27-13-11-21-17(2)28-24(25-21)18-7-5-4-6-8-18/h4-10,12,14,16H,11,13,15H2,1-3H3/t16-/m0/s1. The molecule has 0 bridgehead atoms. The number of nitrogens with zero attached hydrogens (tertiary/aromatic N) is 1. The van der Waals surface area contributed by atoms with Crippen molar-refractivity contribution in [2.24, 2.45) is 0 Å². The highest BCUT2D eigenvalue weighted by Gasteiger charge is 2.13. The summed E-state index contributed by atoms with van der Waals surface area (Å²) in [4.78, 5) is 4.66. The Labute approximate surface area is 175 Å². The third kappa shape index (κ3) is 4.36. The number of aromatic nitrogens is 1. The number of rotatable bonds is 8. The fourth-order valence-electron chi connectivity index (χ4n) is 3.40. The summed E-state index contributed by atoms with van der Waals surface area (Å²) in [5, 5.41) is 3.28. The van der Waals surface area contributed by atoms with Gasteiger partial charge in [-0.2, -0.15) is 0 Å². The number of hydrogen-bond acceptors (Lipinski definition) is 5. The van der Waals surface area contributed by atoms with Crippen molar-refractivity contribution in [3.05, 3.63) is 70.9 Å². The number of methoxy groups -OCH3 is 1. The maximum absolute atomic E-state index is 6.13. The van der Waals surface area contributed by atoms with Gasteiger partial charge in [0, 0.05) is 29.2 Å². The molecule has 0 aliphatic heterocycles. The van der Waals surface area contributed by atoms with E-state index >= 15 is 0 Å². The van der Waals surface area contributed by atoms with Crippen LogP contribution in [0.4, 0.5) is 0 Å². The van der Waals surface area contributed by atoms with Crippen LogP contribution in [0.2, 0.25) is 0 Å². The van der Waals surface area contributed by atoms with E-state index in [1.165, 1.54) is 10.3 Å². The summed E-state index contributed by atoms with van der Waals surface area (Å²) in [6.07, 6.45) is 1.80. The van der Waals surface area contributed by atoms with Gasteiger partial charge < -0.3 is 13.9 Å². The smallest absolute Gasteiger partial charge is 0.226 e. The van der Waals surface area contributed by atoms with Crippen LogP contribution in [0.25, 0.3) is 21.5 Å². The molecule has 0 saturated carbocycles. The first-order valence-electron chi connectivity index (χ1n) is 9.82. The molecule has 0 saturated heterocycles. The molecular weight excluding hydrogens is 382 g/mol. The first-order valence-corrected chi connectivity index (χ1v) is 10.7. The Kier molecular flexibility index (Phi) is 5.97. The number of aryl methyl sites for hydroxylation is 1. The van der Waals surface area contributed by atoms with Crippen LogP contribution in [0, 0.1) is 6.92 Å². The third-order valence-electron chi connectivity index (χ3n) is 5.08. The van der Waals surface area contributed by atoms with Crippen LogP contribution in [0.1, 0.15) is 23.9 Å². The molecule has 0 N–H and O–H groups in total. The van der Waals surface area contributed by atoms with Gasteiger partial charge in [0.1, 0.15) is 11.5 Å². The summed E-state index contributed by atoms with van der Waals surface area (Å²) in [6.45, 7) is 4.60. The minimum atomic E-state index is 0.195. The topological polar surface area (TPSA) is 44.5 Å². The molecule has 4 rings (SSSR count). The lowest BCUT2D eigenvalue weighted by molar-refractivity contribution is 0.119. The van der Waals surface area contributed by atoms with E-state index in [-0.39, 0.29) is 6.10 Å². The Morgan fingerprint density at radius 2 is 1.93 bits per heavy atom. The Bertz CT molecular complexity index is 1080. The molecule has 0 fully saturated rings. The second-order valence-electron chi connectivity index (χ2n) is 7.12. The molecule has 29 heavy (non-hydrogen) atoms. The lowest BCUT2D eigenvalue weighted by Gasteiger charge is -2.12. The molecule has 0 aliphatic carbocycles. The minimum absolute atomic E-state index is 0.195. The Hall–Kier alpha value is -2.63. The van der Waals surface area contributed by atoms with Crippen molar-refractivity contribution in [2.75, 3.05) is 13.7 Å². The Morgan fingerprint density at radius 3 is 2.72 bits per heavy atom. The molecule has 0 radical (unpaired) electrons. The molecule has 150 valence electrons. The van der Waals surface area contributed by atoms with E-state index in [0.717, 1.165) is 34.6 Å². The molecule has 2 heterocycles. The zero-order valence-electron chi connectivity index (χ0n) is 17.0.